The molecule has 1 heterocycles. The van der Waals surface area contributed by atoms with E-state index in [0.717, 1.165) is 11.2 Å². The molecule has 0 aliphatic heterocycles. The summed E-state index contributed by atoms with van der Waals surface area (Å²) in [4.78, 5) is 0. The third-order valence-electron chi connectivity index (χ3n) is 4.70. The maximum absolute atomic E-state index is 6.28. The second-order valence-electron chi connectivity index (χ2n) is 7.56. The Bertz CT molecular complexity index is 1030. The van der Waals surface area contributed by atoms with Gasteiger partial charge in [-0.25, -0.2) is 0 Å². The molecule has 1 heteroatoms. The molecule has 1 aromatic heterocycles. The van der Waals surface area contributed by atoms with E-state index in [2.05, 4.69) is 82.3 Å². The summed E-state index contributed by atoms with van der Waals surface area (Å²) in [7, 11) is 0. The zero-order valence-electron chi connectivity index (χ0n) is 14.7. The number of fused-ring (bicyclic) bond motifs is 3. The highest BCUT2D eigenvalue weighted by atomic mass is 16.3. The van der Waals surface area contributed by atoms with Gasteiger partial charge in [0.2, 0.25) is 0 Å². The molecule has 0 amide bonds. The van der Waals surface area contributed by atoms with E-state index in [1.165, 1.54) is 33.0 Å². The van der Waals surface area contributed by atoms with Crippen molar-refractivity contribution in [2.45, 2.75) is 33.1 Å². The molecule has 4 aromatic rings. The van der Waals surface area contributed by atoms with Crippen LogP contribution in [0.25, 0.3) is 33.1 Å². The van der Waals surface area contributed by atoms with Gasteiger partial charge in [0.1, 0.15) is 11.2 Å². The minimum absolute atomic E-state index is 0.0553. The van der Waals surface area contributed by atoms with Gasteiger partial charge in [0, 0.05) is 16.3 Å². The summed E-state index contributed by atoms with van der Waals surface area (Å²) < 4.78 is 6.28. The van der Waals surface area contributed by atoms with Crippen molar-refractivity contribution in [1.82, 2.24) is 0 Å². The van der Waals surface area contributed by atoms with Crippen LogP contribution in [0.2, 0.25) is 0 Å². The van der Waals surface area contributed by atoms with Crippen LogP contribution < -0.4 is 0 Å². The van der Waals surface area contributed by atoms with Crippen LogP contribution in [0.15, 0.2) is 65.1 Å². The average Bonchev–Trinajstić information content (AvgIpc) is 2.91. The minimum atomic E-state index is 0.0553. The first kappa shape index (κ1) is 15.0. The van der Waals surface area contributed by atoms with Crippen molar-refractivity contribution >= 4 is 21.9 Å². The molecule has 0 saturated heterocycles. The first-order chi connectivity index (χ1) is 11.4. The van der Waals surface area contributed by atoms with E-state index in [1.54, 1.807) is 0 Å². The smallest absolute Gasteiger partial charge is 0.139 e. The number of aryl methyl sites for hydroxylation is 1. The Morgan fingerprint density at radius 2 is 1.50 bits per heavy atom. The van der Waals surface area contributed by atoms with Crippen LogP contribution in [0.3, 0.4) is 0 Å². The quantitative estimate of drug-likeness (QED) is 0.374. The van der Waals surface area contributed by atoms with E-state index in [9.17, 15) is 0 Å². The van der Waals surface area contributed by atoms with Crippen molar-refractivity contribution in [3.05, 3.63) is 71.8 Å². The minimum Gasteiger partial charge on any atom is -0.456 e. The Hall–Kier alpha value is -2.54. The molecule has 120 valence electrons. The summed E-state index contributed by atoms with van der Waals surface area (Å²) in [5.74, 6) is 0. The van der Waals surface area contributed by atoms with Crippen LogP contribution in [0.4, 0.5) is 0 Å². The summed E-state index contributed by atoms with van der Waals surface area (Å²) in [6.45, 7) is 8.91. The van der Waals surface area contributed by atoms with Crippen molar-refractivity contribution in [1.29, 1.82) is 0 Å². The fourth-order valence-corrected chi connectivity index (χ4v) is 3.68. The number of rotatable bonds is 1. The van der Waals surface area contributed by atoms with Gasteiger partial charge in [0.25, 0.3) is 0 Å². The van der Waals surface area contributed by atoms with Crippen LogP contribution in [-0.2, 0) is 5.41 Å². The Balaban J connectivity index is 2.03. The first-order valence-corrected chi connectivity index (χ1v) is 8.47. The van der Waals surface area contributed by atoms with Crippen molar-refractivity contribution in [2.24, 2.45) is 0 Å². The largest absolute Gasteiger partial charge is 0.456 e. The Kier molecular flexibility index (Phi) is 3.28. The highest BCUT2D eigenvalue weighted by Crippen LogP contribution is 2.39. The van der Waals surface area contributed by atoms with Gasteiger partial charge < -0.3 is 4.42 Å². The number of benzene rings is 3. The van der Waals surface area contributed by atoms with Gasteiger partial charge in [-0.05, 0) is 41.2 Å². The van der Waals surface area contributed by atoms with Gasteiger partial charge in [-0.2, -0.15) is 0 Å². The summed E-state index contributed by atoms with van der Waals surface area (Å²) in [5.41, 5.74) is 7.10. The molecule has 4 rings (SSSR count). The normalized spacial score (nSPS) is 12.2. The summed E-state index contributed by atoms with van der Waals surface area (Å²) in [5, 5.41) is 2.40. The van der Waals surface area contributed by atoms with E-state index in [4.69, 9.17) is 4.42 Å². The monoisotopic (exact) mass is 314 g/mol. The van der Waals surface area contributed by atoms with Crippen LogP contribution in [0, 0.1) is 6.92 Å². The Labute approximate surface area is 142 Å². The van der Waals surface area contributed by atoms with Gasteiger partial charge in [0.05, 0.1) is 0 Å². The van der Waals surface area contributed by atoms with Crippen LogP contribution in [-0.4, -0.2) is 0 Å². The zero-order valence-corrected chi connectivity index (χ0v) is 14.7. The molecule has 3 aromatic carbocycles. The summed E-state index contributed by atoms with van der Waals surface area (Å²) >= 11 is 0. The fraction of sp³-hybridized carbons (Fsp3) is 0.217. The van der Waals surface area contributed by atoms with E-state index in [-0.39, 0.29) is 5.41 Å². The molecule has 0 fully saturated rings. The standard InChI is InChI=1S/C23H22O/c1-15-10-12-18-19-14-17(16-8-6-5-7-9-16)11-13-20(19)24-22(18)21(15)23(2,3)4/h5-14H,1-4H3. The predicted molar refractivity (Wildman–Crippen MR) is 103 cm³/mol. The molecular formula is C23H22O. The van der Waals surface area contributed by atoms with Crippen molar-refractivity contribution in [3.63, 3.8) is 0 Å². The van der Waals surface area contributed by atoms with E-state index < -0.39 is 0 Å². The van der Waals surface area contributed by atoms with Gasteiger partial charge in [0.15, 0.2) is 0 Å². The lowest BCUT2D eigenvalue weighted by Crippen LogP contribution is -2.13. The third-order valence-corrected chi connectivity index (χ3v) is 4.70. The van der Waals surface area contributed by atoms with Crippen LogP contribution in [0.1, 0.15) is 31.9 Å². The van der Waals surface area contributed by atoms with Gasteiger partial charge in [-0.15, -0.1) is 0 Å². The average molecular weight is 314 g/mol. The maximum Gasteiger partial charge on any atom is 0.139 e. The second-order valence-corrected chi connectivity index (χ2v) is 7.56. The summed E-state index contributed by atoms with van der Waals surface area (Å²) in [6.07, 6.45) is 0. The molecule has 0 aliphatic rings. The second kappa shape index (κ2) is 5.24. The molecule has 0 unspecified atom stereocenters. The topological polar surface area (TPSA) is 13.1 Å². The number of hydrogen-bond acceptors (Lipinski definition) is 1. The summed E-state index contributed by atoms with van der Waals surface area (Å²) in [6, 6.07) is 21.4. The van der Waals surface area contributed by atoms with Crippen molar-refractivity contribution in [3.8, 4) is 11.1 Å². The zero-order chi connectivity index (χ0) is 16.9. The fourth-order valence-electron chi connectivity index (χ4n) is 3.68. The number of furan rings is 1. The SMILES string of the molecule is Cc1ccc2c(oc3ccc(-c4ccccc4)cc32)c1C(C)(C)C. The molecule has 0 N–H and O–H groups in total. The lowest BCUT2D eigenvalue weighted by Gasteiger charge is -2.21. The molecule has 1 nitrogen and oxygen atoms in total. The number of hydrogen-bond donors (Lipinski definition) is 0. The van der Waals surface area contributed by atoms with Crippen LogP contribution >= 0.6 is 0 Å². The molecule has 0 spiro atoms. The molecule has 24 heavy (non-hydrogen) atoms. The van der Waals surface area contributed by atoms with E-state index >= 15 is 0 Å². The van der Waals surface area contributed by atoms with E-state index in [1.807, 2.05) is 6.07 Å². The Morgan fingerprint density at radius 3 is 2.21 bits per heavy atom. The molecule has 0 atom stereocenters. The molecule has 0 saturated carbocycles. The highest BCUT2D eigenvalue weighted by molar-refractivity contribution is 6.07. The molecule has 0 aliphatic carbocycles. The van der Waals surface area contributed by atoms with Crippen molar-refractivity contribution < 1.29 is 4.42 Å². The van der Waals surface area contributed by atoms with Gasteiger partial charge in [-0.1, -0.05) is 69.3 Å². The predicted octanol–water partition coefficient (Wildman–Crippen LogP) is 6.86. The first-order valence-electron chi connectivity index (χ1n) is 8.47. The van der Waals surface area contributed by atoms with Crippen LogP contribution in [0.5, 0.6) is 0 Å². The van der Waals surface area contributed by atoms with Gasteiger partial charge in [-0.3, -0.25) is 0 Å². The molecule has 0 radical (unpaired) electrons. The van der Waals surface area contributed by atoms with Crippen molar-refractivity contribution in [2.75, 3.05) is 0 Å². The van der Waals surface area contributed by atoms with Gasteiger partial charge >= 0.3 is 0 Å². The lowest BCUT2D eigenvalue weighted by molar-refractivity contribution is 0.569. The molecule has 0 bridgehead atoms. The van der Waals surface area contributed by atoms with E-state index in [0.29, 0.717) is 0 Å². The molecular weight excluding hydrogens is 292 g/mol. The lowest BCUT2D eigenvalue weighted by atomic mass is 9.83. The highest BCUT2D eigenvalue weighted by Gasteiger charge is 2.23. The maximum atomic E-state index is 6.28. The third kappa shape index (κ3) is 2.32. The Morgan fingerprint density at radius 1 is 0.750 bits per heavy atom.